The largest absolute Gasteiger partial charge is 0.458 e. The zero-order valence-electron chi connectivity index (χ0n) is 12.6. The van der Waals surface area contributed by atoms with E-state index in [4.69, 9.17) is 4.74 Å². The maximum absolute atomic E-state index is 12.5. The van der Waals surface area contributed by atoms with Gasteiger partial charge in [-0.25, -0.2) is 4.79 Å². The van der Waals surface area contributed by atoms with Crippen molar-refractivity contribution < 1.29 is 9.53 Å². The number of benzene rings is 1. The van der Waals surface area contributed by atoms with Gasteiger partial charge in [-0.15, -0.1) is 0 Å². The number of fused-ring (bicyclic) bond motifs is 2. The molecule has 2 saturated carbocycles. The third-order valence-corrected chi connectivity index (χ3v) is 7.47. The summed E-state index contributed by atoms with van der Waals surface area (Å²) in [4.78, 5) is 12.5. The average Bonchev–Trinajstić information content (AvgIpc) is 2.74. The van der Waals surface area contributed by atoms with Crippen LogP contribution in [-0.2, 0) is 4.74 Å². The minimum absolute atomic E-state index is 0.0449. The molecule has 2 aliphatic rings. The van der Waals surface area contributed by atoms with Gasteiger partial charge >= 0.3 is 5.97 Å². The van der Waals surface area contributed by atoms with Crippen molar-refractivity contribution in [2.75, 3.05) is 0 Å². The Morgan fingerprint density at radius 1 is 1.38 bits per heavy atom. The van der Waals surface area contributed by atoms with Crippen molar-refractivity contribution in [2.24, 2.45) is 16.7 Å². The summed E-state index contributed by atoms with van der Waals surface area (Å²) in [6.07, 6.45) is 3.49. The monoisotopic (exact) mass is 462 g/mol. The van der Waals surface area contributed by atoms with Crippen LogP contribution in [0.5, 0.6) is 0 Å². The van der Waals surface area contributed by atoms with Gasteiger partial charge in [0, 0.05) is 13.5 Å². The van der Waals surface area contributed by atoms with Gasteiger partial charge < -0.3 is 4.74 Å². The molecule has 0 N–H and O–H groups in total. The average molecular weight is 463 g/mol. The van der Waals surface area contributed by atoms with Gasteiger partial charge in [-0.05, 0) is 87.3 Å². The van der Waals surface area contributed by atoms with Crippen LogP contribution in [0.25, 0.3) is 0 Å². The van der Waals surface area contributed by atoms with E-state index in [1.807, 2.05) is 18.2 Å². The van der Waals surface area contributed by atoms with Crippen LogP contribution < -0.4 is 0 Å². The molecule has 0 aliphatic heterocycles. The summed E-state index contributed by atoms with van der Waals surface area (Å²) < 4.78 is 7.78. The summed E-state index contributed by atoms with van der Waals surface area (Å²) in [6, 6.07) is 5.77. The molecule has 2 fully saturated rings. The molecule has 3 unspecified atom stereocenters. The quantitative estimate of drug-likeness (QED) is 0.433. The lowest BCUT2D eigenvalue weighted by Gasteiger charge is -2.38. The number of ether oxygens (including phenoxy) is 1. The molecule has 2 aliphatic carbocycles. The van der Waals surface area contributed by atoms with Crippen LogP contribution in [0.1, 0.15) is 50.4 Å². The van der Waals surface area contributed by atoms with Crippen molar-refractivity contribution in [1.82, 2.24) is 0 Å². The summed E-state index contributed by atoms with van der Waals surface area (Å²) in [6.45, 7) is 6.96. The molecular formula is C17H20BrIO2. The van der Waals surface area contributed by atoms with E-state index in [2.05, 4.69) is 59.3 Å². The first-order valence-corrected chi connectivity index (χ1v) is 9.29. The van der Waals surface area contributed by atoms with Crippen LogP contribution >= 0.6 is 38.5 Å². The zero-order valence-corrected chi connectivity index (χ0v) is 16.3. The third-order valence-electron chi connectivity index (χ3n) is 6.11. The minimum Gasteiger partial charge on any atom is -0.458 e. The summed E-state index contributed by atoms with van der Waals surface area (Å²) >= 11 is 5.67. The van der Waals surface area contributed by atoms with E-state index < -0.39 is 0 Å². The molecule has 114 valence electrons. The zero-order chi connectivity index (χ0) is 15.4. The standard InChI is InChI=1S/C17H20BrIO2/c1-16(2)10-6-7-17(16,3)14(8-10)21-15(20)12-9-11(19)4-5-13(12)18/h4-5,9-10,14H,6-8H2,1-3H3. The number of carbonyl (C=O) groups is 1. The van der Waals surface area contributed by atoms with Crippen LogP contribution in [0.15, 0.2) is 22.7 Å². The van der Waals surface area contributed by atoms with E-state index in [1.165, 1.54) is 6.42 Å². The van der Waals surface area contributed by atoms with Crippen molar-refractivity contribution >= 4 is 44.5 Å². The number of hydrogen-bond acceptors (Lipinski definition) is 2. The fraction of sp³-hybridized carbons (Fsp3) is 0.588. The molecule has 0 heterocycles. The van der Waals surface area contributed by atoms with Crippen molar-refractivity contribution in [3.63, 3.8) is 0 Å². The maximum atomic E-state index is 12.5. The Labute approximate surface area is 148 Å². The molecule has 0 aromatic heterocycles. The number of hydrogen-bond donors (Lipinski definition) is 0. The summed E-state index contributed by atoms with van der Waals surface area (Å²) in [5.74, 6) is 0.481. The highest BCUT2D eigenvalue weighted by molar-refractivity contribution is 14.1. The van der Waals surface area contributed by atoms with Gasteiger partial charge in [0.25, 0.3) is 0 Å². The number of halogens is 2. The molecule has 0 spiro atoms. The lowest BCUT2D eigenvalue weighted by molar-refractivity contribution is -0.0243. The van der Waals surface area contributed by atoms with Gasteiger partial charge in [0.1, 0.15) is 6.10 Å². The van der Waals surface area contributed by atoms with Crippen molar-refractivity contribution in [3.05, 3.63) is 31.8 Å². The summed E-state index contributed by atoms with van der Waals surface area (Å²) in [7, 11) is 0. The molecule has 0 saturated heterocycles. The highest BCUT2D eigenvalue weighted by atomic mass is 127. The molecular weight excluding hydrogens is 443 g/mol. The molecule has 3 atom stereocenters. The van der Waals surface area contributed by atoms with Crippen molar-refractivity contribution in [1.29, 1.82) is 0 Å². The van der Waals surface area contributed by atoms with E-state index in [1.54, 1.807) is 0 Å². The van der Waals surface area contributed by atoms with E-state index in [0.29, 0.717) is 11.5 Å². The maximum Gasteiger partial charge on any atom is 0.339 e. The molecule has 1 aromatic carbocycles. The van der Waals surface area contributed by atoms with Crippen LogP contribution in [-0.4, -0.2) is 12.1 Å². The first-order chi connectivity index (χ1) is 9.75. The first-order valence-electron chi connectivity index (χ1n) is 7.42. The fourth-order valence-electron chi connectivity index (χ4n) is 4.16. The van der Waals surface area contributed by atoms with Gasteiger partial charge in [-0.3, -0.25) is 0 Å². The van der Waals surface area contributed by atoms with Gasteiger partial charge in [0.2, 0.25) is 0 Å². The van der Waals surface area contributed by atoms with Crippen LogP contribution in [0.2, 0.25) is 0 Å². The molecule has 2 bridgehead atoms. The number of rotatable bonds is 2. The molecule has 21 heavy (non-hydrogen) atoms. The Morgan fingerprint density at radius 3 is 2.67 bits per heavy atom. The van der Waals surface area contributed by atoms with Crippen molar-refractivity contribution in [2.45, 2.75) is 46.1 Å². The highest BCUT2D eigenvalue weighted by Gasteiger charge is 2.62. The van der Waals surface area contributed by atoms with Crippen LogP contribution in [0, 0.1) is 20.3 Å². The van der Waals surface area contributed by atoms with Crippen LogP contribution in [0.3, 0.4) is 0 Å². The van der Waals surface area contributed by atoms with E-state index in [9.17, 15) is 4.79 Å². The third kappa shape index (κ3) is 2.37. The lowest BCUT2D eigenvalue weighted by atomic mass is 9.70. The smallest absolute Gasteiger partial charge is 0.339 e. The molecule has 4 heteroatoms. The Bertz CT molecular complexity index is 598. The number of esters is 1. The number of carbonyl (C=O) groups excluding carboxylic acids is 1. The van der Waals surface area contributed by atoms with Gasteiger partial charge in [-0.2, -0.15) is 0 Å². The molecule has 0 amide bonds. The van der Waals surface area contributed by atoms with E-state index in [0.717, 1.165) is 20.9 Å². The second-order valence-corrected chi connectivity index (χ2v) is 9.23. The highest BCUT2D eigenvalue weighted by Crippen LogP contribution is 2.66. The predicted molar refractivity (Wildman–Crippen MR) is 95.3 cm³/mol. The Balaban J connectivity index is 1.82. The molecule has 2 nitrogen and oxygen atoms in total. The Kier molecular flexibility index (Phi) is 3.92. The Hall–Kier alpha value is -0.100. The van der Waals surface area contributed by atoms with Crippen molar-refractivity contribution in [3.8, 4) is 0 Å². The normalized spacial score (nSPS) is 33.2. The molecule has 1 aromatic rings. The van der Waals surface area contributed by atoms with E-state index in [-0.39, 0.29) is 22.9 Å². The second-order valence-electron chi connectivity index (χ2n) is 7.13. The summed E-state index contributed by atoms with van der Waals surface area (Å²) in [5, 5.41) is 0. The molecule has 0 radical (unpaired) electrons. The lowest BCUT2D eigenvalue weighted by Crippen LogP contribution is -2.38. The van der Waals surface area contributed by atoms with E-state index >= 15 is 0 Å². The van der Waals surface area contributed by atoms with Crippen LogP contribution in [0.4, 0.5) is 0 Å². The SMILES string of the molecule is CC1(C)C2CCC1(C)C(OC(=O)c1cc(I)ccc1Br)C2. The molecule has 3 rings (SSSR count). The minimum atomic E-state index is -0.199. The summed E-state index contributed by atoms with van der Waals surface area (Å²) in [5.41, 5.74) is 1.01. The fourth-order valence-corrected chi connectivity index (χ4v) is 5.05. The van der Waals surface area contributed by atoms with Gasteiger partial charge in [-0.1, -0.05) is 20.8 Å². The van der Waals surface area contributed by atoms with Gasteiger partial charge in [0.05, 0.1) is 5.56 Å². The topological polar surface area (TPSA) is 26.3 Å². The second kappa shape index (κ2) is 5.22. The predicted octanol–water partition coefficient (Wildman–Crippen LogP) is 5.43. The van der Waals surface area contributed by atoms with Gasteiger partial charge in [0.15, 0.2) is 0 Å². The first kappa shape index (κ1) is 15.8. The Morgan fingerprint density at radius 2 is 2.10 bits per heavy atom.